The van der Waals surface area contributed by atoms with Crippen molar-refractivity contribution in [2.45, 2.75) is 20.4 Å². The Kier molecular flexibility index (Phi) is 9.41. The van der Waals surface area contributed by atoms with Crippen LogP contribution in [0.4, 0.5) is 0 Å². The van der Waals surface area contributed by atoms with E-state index in [1.54, 1.807) is 11.3 Å². The molecule has 0 amide bonds. The Morgan fingerprint density at radius 2 is 1.57 bits per heavy atom. The molecule has 0 saturated heterocycles. The molecule has 0 bridgehead atoms. The number of hydrogen-bond acceptors (Lipinski definition) is 6. The maximum atomic E-state index is 5.86. The van der Waals surface area contributed by atoms with E-state index in [9.17, 15) is 0 Å². The normalized spacial score (nSPS) is 11.1. The van der Waals surface area contributed by atoms with Gasteiger partial charge < -0.3 is 23.8 Å². The van der Waals surface area contributed by atoms with Crippen LogP contribution in [0, 0.1) is 0 Å². The molecule has 122 valence electrons. The summed E-state index contributed by atoms with van der Waals surface area (Å²) >= 11 is 1.66. The topological polar surface area (TPSA) is 40.2 Å². The highest BCUT2D eigenvalue weighted by Gasteiger charge is 2.15. The lowest BCUT2D eigenvalue weighted by atomic mass is 10.4. The first-order chi connectivity index (χ1) is 10.2. The molecule has 0 aliphatic carbocycles. The largest absolute Gasteiger partial charge is 0.486 e. The third-order valence-corrected chi connectivity index (χ3v) is 3.54. The molecule has 0 aromatic carbocycles. The smallest absolute Gasteiger partial charge is 0.176 e. The van der Waals surface area contributed by atoms with Gasteiger partial charge in [-0.3, -0.25) is 0 Å². The Morgan fingerprint density at radius 3 is 2.14 bits per heavy atom. The zero-order valence-electron chi connectivity index (χ0n) is 13.5. The summed E-state index contributed by atoms with van der Waals surface area (Å²) in [6.07, 6.45) is 0. The van der Waals surface area contributed by atoms with E-state index >= 15 is 0 Å². The molecule has 0 aliphatic heterocycles. The minimum Gasteiger partial charge on any atom is -0.486 e. The number of ether oxygens (including phenoxy) is 4. The fourth-order valence-electron chi connectivity index (χ4n) is 1.72. The van der Waals surface area contributed by atoms with E-state index in [0.717, 1.165) is 18.0 Å². The van der Waals surface area contributed by atoms with Crippen molar-refractivity contribution in [3.63, 3.8) is 0 Å². The van der Waals surface area contributed by atoms with Gasteiger partial charge in [-0.05, 0) is 27.9 Å². The highest BCUT2D eigenvalue weighted by atomic mass is 32.1. The van der Waals surface area contributed by atoms with E-state index < -0.39 is 0 Å². The van der Waals surface area contributed by atoms with Crippen LogP contribution in [0.1, 0.15) is 18.7 Å². The second-order valence-corrected chi connectivity index (χ2v) is 5.65. The maximum absolute atomic E-state index is 5.86. The average molecular weight is 317 g/mol. The predicted molar refractivity (Wildman–Crippen MR) is 85.7 cm³/mol. The monoisotopic (exact) mass is 317 g/mol. The fourth-order valence-corrected chi connectivity index (χ4v) is 2.74. The first kappa shape index (κ1) is 18.2. The first-order valence-corrected chi connectivity index (χ1v) is 8.23. The predicted octanol–water partition coefficient (Wildman–Crippen LogP) is 2.64. The summed E-state index contributed by atoms with van der Waals surface area (Å²) < 4.78 is 22.2. The Balaban J connectivity index is 2.59. The van der Waals surface area contributed by atoms with Crippen LogP contribution in [0.2, 0.25) is 0 Å². The third kappa shape index (κ3) is 7.13. The van der Waals surface area contributed by atoms with Crippen molar-refractivity contribution >= 4 is 11.3 Å². The lowest BCUT2D eigenvalue weighted by molar-refractivity contribution is 0.0998. The van der Waals surface area contributed by atoms with Crippen molar-refractivity contribution in [3.8, 4) is 11.5 Å². The van der Waals surface area contributed by atoms with Gasteiger partial charge in [0.05, 0.1) is 18.1 Å². The highest BCUT2D eigenvalue weighted by molar-refractivity contribution is 7.10. The molecule has 0 atom stereocenters. The van der Waals surface area contributed by atoms with E-state index in [-0.39, 0.29) is 0 Å². The number of hydrogen-bond donors (Lipinski definition) is 0. The quantitative estimate of drug-likeness (QED) is 0.554. The molecule has 21 heavy (non-hydrogen) atoms. The fraction of sp³-hybridized carbons (Fsp3) is 0.733. The lowest BCUT2D eigenvalue weighted by Crippen LogP contribution is -2.13. The van der Waals surface area contributed by atoms with Crippen molar-refractivity contribution in [1.82, 2.24) is 4.90 Å². The van der Waals surface area contributed by atoms with Crippen molar-refractivity contribution < 1.29 is 18.9 Å². The van der Waals surface area contributed by atoms with Crippen LogP contribution in [0.15, 0.2) is 5.38 Å². The van der Waals surface area contributed by atoms with Crippen molar-refractivity contribution in [3.05, 3.63) is 10.3 Å². The van der Waals surface area contributed by atoms with Gasteiger partial charge in [0.15, 0.2) is 11.5 Å². The molecule has 5 nitrogen and oxygen atoms in total. The zero-order valence-corrected chi connectivity index (χ0v) is 14.3. The van der Waals surface area contributed by atoms with Gasteiger partial charge in [-0.15, -0.1) is 11.3 Å². The molecule has 6 heteroatoms. The second-order valence-electron chi connectivity index (χ2n) is 4.68. The molecule has 1 aromatic rings. The van der Waals surface area contributed by atoms with E-state index in [1.165, 1.54) is 4.88 Å². The van der Waals surface area contributed by atoms with Gasteiger partial charge in [0.2, 0.25) is 0 Å². The van der Waals surface area contributed by atoms with Crippen LogP contribution >= 0.6 is 11.3 Å². The maximum Gasteiger partial charge on any atom is 0.176 e. The van der Waals surface area contributed by atoms with Gasteiger partial charge in [0, 0.05) is 25.1 Å². The molecule has 1 aromatic heterocycles. The summed E-state index contributed by atoms with van der Waals surface area (Å²) in [7, 11) is 4.08. The van der Waals surface area contributed by atoms with Crippen LogP contribution in [0.5, 0.6) is 11.5 Å². The zero-order chi connectivity index (χ0) is 15.5. The van der Waals surface area contributed by atoms with Gasteiger partial charge in [-0.2, -0.15) is 0 Å². The van der Waals surface area contributed by atoms with Crippen molar-refractivity contribution in [2.75, 3.05) is 53.7 Å². The molecule has 0 fully saturated rings. The van der Waals surface area contributed by atoms with E-state index in [1.807, 2.05) is 33.3 Å². The van der Waals surface area contributed by atoms with Gasteiger partial charge >= 0.3 is 0 Å². The molecule has 1 rings (SSSR count). The number of nitrogens with zero attached hydrogens (tertiary/aromatic N) is 1. The lowest BCUT2D eigenvalue weighted by Gasteiger charge is -2.13. The Labute approximate surface area is 131 Å². The second kappa shape index (κ2) is 10.8. The molecular formula is C15H27NO4S. The number of thiophene rings is 1. The molecule has 0 aliphatic rings. The van der Waals surface area contributed by atoms with Crippen molar-refractivity contribution in [1.29, 1.82) is 0 Å². The van der Waals surface area contributed by atoms with Gasteiger partial charge in [0.1, 0.15) is 13.2 Å². The van der Waals surface area contributed by atoms with Crippen molar-refractivity contribution in [2.24, 2.45) is 0 Å². The van der Waals surface area contributed by atoms with Gasteiger partial charge in [-0.1, -0.05) is 0 Å². The van der Waals surface area contributed by atoms with E-state index in [0.29, 0.717) is 39.6 Å². The van der Waals surface area contributed by atoms with Gasteiger partial charge in [0.25, 0.3) is 0 Å². The summed E-state index contributed by atoms with van der Waals surface area (Å²) in [5.41, 5.74) is 0. The minimum absolute atomic E-state index is 0.535. The Morgan fingerprint density at radius 1 is 0.952 bits per heavy atom. The van der Waals surface area contributed by atoms with Crippen LogP contribution in [-0.4, -0.2) is 58.6 Å². The Bertz CT molecular complexity index is 382. The number of rotatable bonds is 12. The molecule has 0 unspecified atom stereocenters. The molecule has 0 spiro atoms. The first-order valence-electron chi connectivity index (χ1n) is 7.35. The van der Waals surface area contributed by atoms with Crippen LogP contribution < -0.4 is 9.47 Å². The van der Waals surface area contributed by atoms with Crippen LogP contribution in [0.25, 0.3) is 0 Å². The molecule has 1 heterocycles. The van der Waals surface area contributed by atoms with E-state index in [4.69, 9.17) is 18.9 Å². The summed E-state index contributed by atoms with van der Waals surface area (Å²) in [5.74, 6) is 1.64. The minimum atomic E-state index is 0.535. The Hall–Kier alpha value is -0.820. The molecule has 0 saturated carbocycles. The third-order valence-electron chi connectivity index (χ3n) is 2.61. The standard InChI is InChI=1S/C15H27NO4S/c1-5-17-7-9-19-13-12-21-14(11-16(3)4)15(13)20-10-8-18-6-2/h12H,5-11H2,1-4H3. The average Bonchev–Trinajstić information content (AvgIpc) is 2.81. The SMILES string of the molecule is CCOCCOc1csc(CN(C)C)c1OCCOCC. The highest BCUT2D eigenvalue weighted by Crippen LogP contribution is 2.38. The summed E-state index contributed by atoms with van der Waals surface area (Å²) in [5, 5.41) is 2.00. The van der Waals surface area contributed by atoms with Gasteiger partial charge in [-0.25, -0.2) is 0 Å². The molecular weight excluding hydrogens is 290 g/mol. The summed E-state index contributed by atoms with van der Waals surface area (Å²) in [4.78, 5) is 3.29. The summed E-state index contributed by atoms with van der Waals surface area (Å²) in [6.45, 7) is 8.45. The molecule has 0 N–H and O–H groups in total. The van der Waals surface area contributed by atoms with Crippen LogP contribution in [0.3, 0.4) is 0 Å². The van der Waals surface area contributed by atoms with Crippen LogP contribution in [-0.2, 0) is 16.0 Å². The summed E-state index contributed by atoms with van der Waals surface area (Å²) in [6, 6.07) is 0. The van der Waals surface area contributed by atoms with E-state index in [2.05, 4.69) is 4.90 Å². The molecule has 0 radical (unpaired) electrons.